The summed E-state index contributed by atoms with van der Waals surface area (Å²) in [6.45, 7) is 3.14. The number of phenols is 1. The molecule has 2 aromatic rings. The summed E-state index contributed by atoms with van der Waals surface area (Å²) in [7, 11) is 3.35. The molecule has 0 saturated carbocycles. The van der Waals surface area contributed by atoms with Crippen LogP contribution in [0.5, 0.6) is 11.5 Å². The van der Waals surface area contributed by atoms with E-state index in [9.17, 15) is 9.50 Å². The van der Waals surface area contributed by atoms with Crippen molar-refractivity contribution in [1.29, 1.82) is 0 Å². The highest BCUT2D eigenvalue weighted by molar-refractivity contribution is 14.0. The van der Waals surface area contributed by atoms with Crippen molar-refractivity contribution in [3.63, 3.8) is 0 Å². The van der Waals surface area contributed by atoms with Crippen molar-refractivity contribution in [2.24, 2.45) is 4.99 Å². The fourth-order valence-electron chi connectivity index (χ4n) is 2.49. The van der Waals surface area contributed by atoms with Crippen molar-refractivity contribution in [2.45, 2.75) is 19.9 Å². The molecule has 0 aliphatic heterocycles. The number of methoxy groups -OCH3 is 1. The fourth-order valence-corrected chi connectivity index (χ4v) is 2.49. The summed E-state index contributed by atoms with van der Waals surface area (Å²) in [5.74, 6) is 0.516. The normalized spacial score (nSPS) is 10.8. The standard InChI is InChI=1S/C19H24FN3O2.HI/c1-13-4-7-18(25-3)15(10-13)8-9-22-19(21-2)23-12-14-5-6-17(24)16(20)11-14;/h4-7,10-11,24H,8-9,12H2,1-3H3,(H2,21,22,23);1H. The van der Waals surface area contributed by atoms with Crippen LogP contribution in [-0.2, 0) is 13.0 Å². The molecule has 0 saturated heterocycles. The first-order valence-corrected chi connectivity index (χ1v) is 8.09. The largest absolute Gasteiger partial charge is 0.505 e. The average molecular weight is 473 g/mol. The lowest BCUT2D eigenvalue weighted by Gasteiger charge is -2.14. The van der Waals surface area contributed by atoms with Gasteiger partial charge in [-0.3, -0.25) is 4.99 Å². The van der Waals surface area contributed by atoms with E-state index in [0.717, 1.165) is 23.3 Å². The number of hydrogen-bond donors (Lipinski definition) is 3. The number of halogens is 2. The second kappa shape index (κ2) is 10.8. The number of guanidine groups is 1. The third-order valence-corrected chi connectivity index (χ3v) is 3.82. The van der Waals surface area contributed by atoms with Gasteiger partial charge in [-0.2, -0.15) is 0 Å². The quantitative estimate of drug-likeness (QED) is 0.342. The third-order valence-electron chi connectivity index (χ3n) is 3.82. The molecule has 7 heteroatoms. The van der Waals surface area contributed by atoms with Crippen molar-refractivity contribution < 1.29 is 14.2 Å². The van der Waals surface area contributed by atoms with Crippen LogP contribution in [0.2, 0.25) is 0 Å². The summed E-state index contributed by atoms with van der Waals surface area (Å²) >= 11 is 0. The molecule has 0 fully saturated rings. The van der Waals surface area contributed by atoms with Gasteiger partial charge in [0.05, 0.1) is 7.11 Å². The van der Waals surface area contributed by atoms with Gasteiger partial charge < -0.3 is 20.5 Å². The minimum Gasteiger partial charge on any atom is -0.505 e. The molecule has 0 aliphatic rings. The van der Waals surface area contributed by atoms with E-state index in [1.807, 2.05) is 19.1 Å². The Kier molecular flexibility index (Phi) is 9.18. The Labute approximate surface area is 170 Å². The Morgan fingerprint density at radius 1 is 1.19 bits per heavy atom. The van der Waals surface area contributed by atoms with E-state index in [1.54, 1.807) is 20.2 Å². The topological polar surface area (TPSA) is 65.9 Å². The van der Waals surface area contributed by atoms with Gasteiger partial charge in [0.15, 0.2) is 17.5 Å². The van der Waals surface area contributed by atoms with Crippen LogP contribution in [0.3, 0.4) is 0 Å². The van der Waals surface area contributed by atoms with Crippen molar-refractivity contribution in [1.82, 2.24) is 10.6 Å². The molecule has 142 valence electrons. The molecule has 0 unspecified atom stereocenters. The Hall–Kier alpha value is -2.03. The van der Waals surface area contributed by atoms with Gasteiger partial charge in [-0.15, -0.1) is 24.0 Å². The van der Waals surface area contributed by atoms with Crippen LogP contribution in [0.4, 0.5) is 4.39 Å². The molecule has 0 heterocycles. The minimum absolute atomic E-state index is 0. The lowest BCUT2D eigenvalue weighted by molar-refractivity contribution is 0.409. The van der Waals surface area contributed by atoms with Crippen LogP contribution in [0.15, 0.2) is 41.4 Å². The molecule has 0 bridgehead atoms. The van der Waals surface area contributed by atoms with Gasteiger partial charge in [0.2, 0.25) is 0 Å². The van der Waals surface area contributed by atoms with E-state index in [1.165, 1.54) is 17.7 Å². The average Bonchev–Trinajstić information content (AvgIpc) is 2.61. The number of phenolic OH excluding ortho intramolecular Hbond substituents is 1. The summed E-state index contributed by atoms with van der Waals surface area (Å²) < 4.78 is 18.7. The highest BCUT2D eigenvalue weighted by Gasteiger charge is 2.05. The molecular formula is C19H25FIN3O2. The first kappa shape index (κ1) is 22.0. The van der Waals surface area contributed by atoms with Crippen LogP contribution in [0.25, 0.3) is 0 Å². The minimum atomic E-state index is -0.631. The predicted octanol–water partition coefficient (Wildman–Crippen LogP) is 3.37. The van der Waals surface area contributed by atoms with Gasteiger partial charge in [-0.1, -0.05) is 23.8 Å². The summed E-state index contributed by atoms with van der Waals surface area (Å²) in [5.41, 5.74) is 3.04. The Morgan fingerprint density at radius 3 is 2.62 bits per heavy atom. The number of aryl methyl sites for hydroxylation is 1. The molecule has 0 radical (unpaired) electrons. The van der Waals surface area contributed by atoms with E-state index < -0.39 is 5.82 Å². The molecule has 2 rings (SSSR count). The summed E-state index contributed by atoms with van der Waals surface area (Å²) in [5, 5.41) is 15.6. The zero-order valence-corrected chi connectivity index (χ0v) is 17.5. The van der Waals surface area contributed by atoms with Crippen molar-refractivity contribution in [3.05, 3.63) is 58.9 Å². The zero-order valence-electron chi connectivity index (χ0n) is 15.2. The maximum atomic E-state index is 13.3. The first-order chi connectivity index (χ1) is 12.0. The summed E-state index contributed by atoms with van der Waals surface area (Å²) in [6.07, 6.45) is 0.791. The fraction of sp³-hybridized carbons (Fsp3) is 0.316. The second-order valence-electron chi connectivity index (χ2n) is 5.70. The monoisotopic (exact) mass is 473 g/mol. The molecule has 2 aromatic carbocycles. The second-order valence-corrected chi connectivity index (χ2v) is 5.70. The number of nitrogens with one attached hydrogen (secondary N) is 2. The van der Waals surface area contributed by atoms with Gasteiger partial charge in [0.1, 0.15) is 5.75 Å². The number of ether oxygens (including phenoxy) is 1. The third kappa shape index (κ3) is 6.36. The van der Waals surface area contributed by atoms with Gasteiger partial charge in [0.25, 0.3) is 0 Å². The molecular weight excluding hydrogens is 448 g/mol. The number of aromatic hydroxyl groups is 1. The van der Waals surface area contributed by atoms with Crippen molar-refractivity contribution in [2.75, 3.05) is 20.7 Å². The van der Waals surface area contributed by atoms with Crippen LogP contribution in [0.1, 0.15) is 16.7 Å². The van der Waals surface area contributed by atoms with Crippen LogP contribution in [-0.4, -0.2) is 31.8 Å². The van der Waals surface area contributed by atoms with Gasteiger partial charge >= 0.3 is 0 Å². The van der Waals surface area contributed by atoms with E-state index in [-0.39, 0.29) is 29.7 Å². The lowest BCUT2D eigenvalue weighted by atomic mass is 10.1. The lowest BCUT2D eigenvalue weighted by Crippen LogP contribution is -2.37. The Morgan fingerprint density at radius 2 is 1.96 bits per heavy atom. The number of hydrogen-bond acceptors (Lipinski definition) is 3. The van der Waals surface area contributed by atoms with Crippen molar-refractivity contribution in [3.8, 4) is 11.5 Å². The van der Waals surface area contributed by atoms with Crippen LogP contribution in [0, 0.1) is 12.7 Å². The van der Waals surface area contributed by atoms with E-state index >= 15 is 0 Å². The van der Waals surface area contributed by atoms with Gasteiger partial charge in [-0.05, 0) is 42.7 Å². The van der Waals surface area contributed by atoms with Crippen LogP contribution >= 0.6 is 24.0 Å². The molecule has 0 amide bonds. The number of aliphatic imine (C=N–C) groups is 1. The number of rotatable bonds is 6. The smallest absolute Gasteiger partial charge is 0.191 e. The highest BCUT2D eigenvalue weighted by Crippen LogP contribution is 2.19. The van der Waals surface area contributed by atoms with Crippen molar-refractivity contribution >= 4 is 29.9 Å². The molecule has 3 N–H and O–H groups in total. The van der Waals surface area contributed by atoms with Crippen LogP contribution < -0.4 is 15.4 Å². The first-order valence-electron chi connectivity index (χ1n) is 8.09. The van der Waals surface area contributed by atoms with E-state index in [2.05, 4.69) is 21.7 Å². The molecule has 0 atom stereocenters. The summed E-state index contributed by atoms with van der Waals surface area (Å²) in [4.78, 5) is 4.15. The Balaban J connectivity index is 0.00000338. The Bertz CT molecular complexity index is 754. The molecule has 26 heavy (non-hydrogen) atoms. The molecule has 5 nitrogen and oxygen atoms in total. The SMILES string of the molecule is CN=C(NCCc1cc(C)ccc1OC)NCc1ccc(O)c(F)c1.I. The summed E-state index contributed by atoms with van der Waals surface area (Å²) in [6, 6.07) is 10.4. The van der Waals surface area contributed by atoms with E-state index in [4.69, 9.17) is 4.74 Å². The van der Waals surface area contributed by atoms with E-state index in [0.29, 0.717) is 19.0 Å². The van der Waals surface area contributed by atoms with Gasteiger partial charge in [0, 0.05) is 20.1 Å². The highest BCUT2D eigenvalue weighted by atomic mass is 127. The predicted molar refractivity (Wildman–Crippen MR) is 113 cm³/mol. The maximum Gasteiger partial charge on any atom is 0.191 e. The number of nitrogens with zero attached hydrogens (tertiary/aromatic N) is 1. The van der Waals surface area contributed by atoms with Gasteiger partial charge in [-0.25, -0.2) is 4.39 Å². The molecule has 0 aliphatic carbocycles. The zero-order chi connectivity index (χ0) is 18.2. The maximum absolute atomic E-state index is 13.3. The molecule has 0 spiro atoms. The number of benzene rings is 2. The molecule has 0 aromatic heterocycles.